The van der Waals surface area contributed by atoms with Gasteiger partial charge in [0.05, 0.1) is 17.8 Å². The van der Waals surface area contributed by atoms with Crippen LogP contribution in [0.25, 0.3) is 11.3 Å². The molecule has 0 radical (unpaired) electrons. The molecule has 0 saturated heterocycles. The summed E-state index contributed by atoms with van der Waals surface area (Å²) in [5, 5.41) is 0. The molecule has 3 heteroatoms. The van der Waals surface area contributed by atoms with Crippen LogP contribution >= 0.6 is 15.9 Å². The van der Waals surface area contributed by atoms with E-state index in [4.69, 9.17) is 4.99 Å². The zero-order valence-corrected chi connectivity index (χ0v) is 19.7. The number of hydrogen-bond acceptors (Lipinski definition) is 2. The SMILES string of the molecule is Brc1ccc(C=NC/C=C(/N=C=C(c2ccccc2)c2ccccc2)c2ccccc2)cc1. The largest absolute Gasteiger partial charge is 0.288 e. The Hall–Kier alpha value is -3.78. The van der Waals surface area contributed by atoms with Crippen molar-refractivity contribution in [1.29, 1.82) is 0 Å². The molecule has 0 aliphatic rings. The summed E-state index contributed by atoms with van der Waals surface area (Å²) in [7, 11) is 0. The summed E-state index contributed by atoms with van der Waals surface area (Å²) >= 11 is 3.46. The molecule has 0 atom stereocenters. The van der Waals surface area contributed by atoms with Gasteiger partial charge >= 0.3 is 0 Å². The van der Waals surface area contributed by atoms with Crippen LogP contribution in [0.1, 0.15) is 22.3 Å². The molecule has 4 aromatic rings. The molecular weight excluding hydrogens is 468 g/mol. The topological polar surface area (TPSA) is 24.7 Å². The van der Waals surface area contributed by atoms with Crippen molar-refractivity contribution < 1.29 is 0 Å². The van der Waals surface area contributed by atoms with Crippen molar-refractivity contribution in [3.63, 3.8) is 0 Å². The molecule has 0 aromatic heterocycles. The predicted molar refractivity (Wildman–Crippen MR) is 144 cm³/mol. The van der Waals surface area contributed by atoms with Gasteiger partial charge in [-0.2, -0.15) is 0 Å². The normalized spacial score (nSPS) is 11.2. The summed E-state index contributed by atoms with van der Waals surface area (Å²) in [6.45, 7) is 0.525. The molecule has 0 unspecified atom stereocenters. The number of benzene rings is 4. The second-order valence-corrected chi connectivity index (χ2v) is 8.25. The first-order valence-corrected chi connectivity index (χ1v) is 11.5. The Morgan fingerprint density at radius 1 is 0.667 bits per heavy atom. The lowest BCUT2D eigenvalue weighted by Gasteiger charge is -2.05. The van der Waals surface area contributed by atoms with E-state index in [0.29, 0.717) is 6.54 Å². The van der Waals surface area contributed by atoms with Gasteiger partial charge in [-0.25, -0.2) is 4.99 Å². The molecule has 0 bridgehead atoms. The van der Waals surface area contributed by atoms with E-state index in [1.165, 1.54) is 0 Å². The summed E-state index contributed by atoms with van der Waals surface area (Å²) < 4.78 is 1.06. The standard InChI is InChI=1S/C30H23BrN2/c31-28-18-16-24(17-19-28)22-32-21-20-30(27-14-8-3-9-15-27)33-23-29(25-10-4-1-5-11-25)26-12-6-2-7-13-26/h1-20,22H,21H2/b30-20+,32-22?. The molecule has 0 aliphatic carbocycles. The van der Waals surface area contributed by atoms with E-state index in [0.717, 1.165) is 38.0 Å². The van der Waals surface area contributed by atoms with Crippen molar-refractivity contribution in [2.24, 2.45) is 9.98 Å². The number of rotatable bonds is 7. The van der Waals surface area contributed by atoms with Crippen LogP contribution in [-0.4, -0.2) is 18.6 Å². The molecule has 0 amide bonds. The number of nitrogens with zero attached hydrogens (tertiary/aromatic N) is 2. The van der Waals surface area contributed by atoms with E-state index in [9.17, 15) is 0 Å². The average molecular weight is 491 g/mol. The molecule has 33 heavy (non-hydrogen) atoms. The minimum absolute atomic E-state index is 0.525. The summed E-state index contributed by atoms with van der Waals surface area (Å²) in [4.78, 5) is 9.37. The zero-order chi connectivity index (χ0) is 22.7. The Morgan fingerprint density at radius 2 is 1.18 bits per heavy atom. The first-order valence-electron chi connectivity index (χ1n) is 10.7. The third-order valence-corrected chi connectivity index (χ3v) is 5.51. The van der Waals surface area contributed by atoms with Gasteiger partial charge in [0.2, 0.25) is 0 Å². The second-order valence-electron chi connectivity index (χ2n) is 7.33. The second kappa shape index (κ2) is 11.7. The van der Waals surface area contributed by atoms with Crippen LogP contribution in [0, 0.1) is 0 Å². The molecule has 160 valence electrons. The fraction of sp³-hybridized carbons (Fsp3) is 0.0333. The molecular formula is C30H23BrN2. The van der Waals surface area contributed by atoms with Crippen LogP contribution < -0.4 is 0 Å². The van der Waals surface area contributed by atoms with Gasteiger partial charge in [-0.05, 0) is 40.8 Å². The van der Waals surface area contributed by atoms with Crippen LogP contribution in [0.4, 0.5) is 0 Å². The molecule has 4 rings (SSSR count). The maximum Gasteiger partial charge on any atom is 0.0780 e. The fourth-order valence-electron chi connectivity index (χ4n) is 3.30. The van der Waals surface area contributed by atoms with Gasteiger partial charge in [-0.3, -0.25) is 4.99 Å². The van der Waals surface area contributed by atoms with Gasteiger partial charge < -0.3 is 0 Å². The number of hydrogen-bond donors (Lipinski definition) is 0. The van der Waals surface area contributed by atoms with E-state index in [2.05, 4.69) is 63.2 Å². The Labute approximate surface area is 203 Å². The van der Waals surface area contributed by atoms with Gasteiger partial charge in [0.25, 0.3) is 0 Å². The summed E-state index contributed by atoms with van der Waals surface area (Å²) in [5.41, 5.74) is 6.04. The first kappa shape index (κ1) is 22.4. The average Bonchev–Trinajstić information content (AvgIpc) is 2.88. The van der Waals surface area contributed by atoms with Gasteiger partial charge in [0.15, 0.2) is 0 Å². The molecule has 0 N–H and O–H groups in total. The van der Waals surface area contributed by atoms with E-state index >= 15 is 0 Å². The lowest BCUT2D eigenvalue weighted by Crippen LogP contribution is -1.89. The summed E-state index contributed by atoms with van der Waals surface area (Å²) in [5.74, 6) is 3.33. The van der Waals surface area contributed by atoms with Crippen LogP contribution in [0.15, 0.2) is 136 Å². The molecule has 0 saturated carbocycles. The van der Waals surface area contributed by atoms with Crippen LogP contribution in [-0.2, 0) is 0 Å². The van der Waals surface area contributed by atoms with E-state index in [1.807, 2.05) is 91.2 Å². The van der Waals surface area contributed by atoms with E-state index in [-0.39, 0.29) is 0 Å². The third kappa shape index (κ3) is 6.60. The summed E-state index contributed by atoms with van der Waals surface area (Å²) in [6, 6.07) is 38.7. The number of halogens is 1. The van der Waals surface area contributed by atoms with Crippen molar-refractivity contribution in [2.45, 2.75) is 0 Å². The van der Waals surface area contributed by atoms with Crippen molar-refractivity contribution in [3.8, 4) is 0 Å². The Morgan fingerprint density at radius 3 is 1.73 bits per heavy atom. The van der Waals surface area contributed by atoms with Gasteiger partial charge in [-0.15, -0.1) is 0 Å². The molecule has 4 aromatic carbocycles. The number of aliphatic imine (C=N–C) groups is 2. The maximum atomic E-state index is 4.80. The highest BCUT2D eigenvalue weighted by Crippen LogP contribution is 2.22. The molecule has 0 spiro atoms. The Balaban J connectivity index is 1.69. The van der Waals surface area contributed by atoms with Crippen molar-refractivity contribution >= 4 is 39.3 Å². The Kier molecular flexibility index (Phi) is 7.97. The lowest BCUT2D eigenvalue weighted by atomic mass is 9.99. The van der Waals surface area contributed by atoms with Crippen molar-refractivity contribution in [2.75, 3.05) is 6.54 Å². The van der Waals surface area contributed by atoms with E-state index < -0.39 is 0 Å². The molecule has 0 aliphatic heterocycles. The first-order chi connectivity index (χ1) is 16.3. The highest BCUT2D eigenvalue weighted by molar-refractivity contribution is 9.10. The predicted octanol–water partition coefficient (Wildman–Crippen LogP) is 7.71. The summed E-state index contributed by atoms with van der Waals surface area (Å²) in [6.07, 6.45) is 3.91. The minimum atomic E-state index is 0.525. The lowest BCUT2D eigenvalue weighted by molar-refractivity contribution is 1.25. The Bertz CT molecular complexity index is 1240. The highest BCUT2D eigenvalue weighted by atomic mass is 79.9. The highest BCUT2D eigenvalue weighted by Gasteiger charge is 2.05. The van der Waals surface area contributed by atoms with Gasteiger partial charge in [0, 0.05) is 16.3 Å². The van der Waals surface area contributed by atoms with Crippen molar-refractivity contribution in [3.05, 3.63) is 148 Å². The maximum absolute atomic E-state index is 4.80. The van der Waals surface area contributed by atoms with Crippen LogP contribution in [0.3, 0.4) is 0 Å². The van der Waals surface area contributed by atoms with Gasteiger partial charge in [0.1, 0.15) is 0 Å². The van der Waals surface area contributed by atoms with E-state index in [1.54, 1.807) is 0 Å². The molecule has 0 fully saturated rings. The third-order valence-electron chi connectivity index (χ3n) is 4.98. The quantitative estimate of drug-likeness (QED) is 0.237. The minimum Gasteiger partial charge on any atom is -0.288 e. The monoisotopic (exact) mass is 490 g/mol. The smallest absolute Gasteiger partial charge is 0.0780 e. The fourth-order valence-corrected chi connectivity index (χ4v) is 3.57. The van der Waals surface area contributed by atoms with Gasteiger partial charge in [-0.1, -0.05) is 119 Å². The zero-order valence-electron chi connectivity index (χ0n) is 18.1. The molecule has 2 nitrogen and oxygen atoms in total. The van der Waals surface area contributed by atoms with Crippen molar-refractivity contribution in [1.82, 2.24) is 0 Å². The van der Waals surface area contributed by atoms with Crippen LogP contribution in [0.2, 0.25) is 0 Å². The molecule has 0 heterocycles. The van der Waals surface area contributed by atoms with Crippen LogP contribution in [0.5, 0.6) is 0 Å².